The van der Waals surface area contributed by atoms with E-state index in [1.165, 1.54) is 6.92 Å². The molecule has 2 amide bonds. The van der Waals surface area contributed by atoms with Gasteiger partial charge in [-0.1, -0.05) is 29.8 Å². The summed E-state index contributed by atoms with van der Waals surface area (Å²) in [5.74, 6) is 0.287. The van der Waals surface area contributed by atoms with Crippen LogP contribution in [0.4, 0.5) is 5.82 Å². The number of pyridine rings is 1. The van der Waals surface area contributed by atoms with Gasteiger partial charge in [-0.15, -0.1) is 0 Å². The summed E-state index contributed by atoms with van der Waals surface area (Å²) in [6.45, 7) is 4.42. The van der Waals surface area contributed by atoms with Gasteiger partial charge in [0.1, 0.15) is 5.82 Å². The molecule has 1 aromatic carbocycles. The normalized spacial score (nSPS) is 20.7. The zero-order valence-corrected chi connectivity index (χ0v) is 13.9. The van der Waals surface area contributed by atoms with Crippen molar-refractivity contribution >= 4 is 40.1 Å². The van der Waals surface area contributed by atoms with Gasteiger partial charge in [-0.3, -0.25) is 9.59 Å². The molecule has 0 radical (unpaired) electrons. The molecule has 1 unspecified atom stereocenters. The predicted molar refractivity (Wildman–Crippen MR) is 90.4 cm³/mol. The number of aromatic nitrogens is 1. The number of carbonyl (C=O) groups is 2. The number of hydrogen-bond donors (Lipinski definition) is 1. The first-order valence-electron chi connectivity index (χ1n) is 7.51. The molecule has 0 spiro atoms. The van der Waals surface area contributed by atoms with Gasteiger partial charge in [0.05, 0.1) is 16.0 Å². The van der Waals surface area contributed by atoms with Crippen molar-refractivity contribution in [3.05, 3.63) is 35.4 Å². The molecule has 1 fully saturated rings. The topological polar surface area (TPSA) is 62.3 Å². The van der Waals surface area contributed by atoms with Gasteiger partial charge in [0.25, 0.3) is 0 Å². The number of amides is 2. The average Bonchev–Trinajstić information content (AvgIpc) is 2.91. The van der Waals surface area contributed by atoms with Crippen molar-refractivity contribution in [1.29, 1.82) is 0 Å². The fourth-order valence-corrected chi connectivity index (χ4v) is 3.14. The lowest BCUT2D eigenvalue weighted by Gasteiger charge is -2.23. The minimum atomic E-state index is -0.606. The number of anilines is 1. The Morgan fingerprint density at radius 3 is 2.78 bits per heavy atom. The Bertz CT molecular complexity index is 793. The fraction of sp³-hybridized carbons (Fsp3) is 0.353. The van der Waals surface area contributed by atoms with E-state index in [4.69, 9.17) is 11.6 Å². The van der Waals surface area contributed by atoms with Crippen molar-refractivity contribution in [2.45, 2.75) is 20.3 Å². The van der Waals surface area contributed by atoms with E-state index in [9.17, 15) is 9.59 Å². The largest absolute Gasteiger partial charge is 0.342 e. The Hall–Kier alpha value is -2.14. The third-order valence-corrected chi connectivity index (χ3v) is 4.69. The predicted octanol–water partition coefficient (Wildman–Crippen LogP) is 3.09. The summed E-state index contributed by atoms with van der Waals surface area (Å²) in [5, 5.41) is 4.24. The first kappa shape index (κ1) is 15.7. The van der Waals surface area contributed by atoms with Crippen LogP contribution in [0.2, 0.25) is 5.02 Å². The average molecular weight is 332 g/mol. The van der Waals surface area contributed by atoms with Gasteiger partial charge < -0.3 is 10.2 Å². The fourth-order valence-electron chi connectivity index (χ4n) is 2.88. The van der Waals surface area contributed by atoms with Crippen LogP contribution in [-0.2, 0) is 9.59 Å². The maximum Gasteiger partial charge on any atom is 0.233 e. The van der Waals surface area contributed by atoms with Crippen LogP contribution in [-0.4, -0.2) is 34.8 Å². The third kappa shape index (κ3) is 3.01. The van der Waals surface area contributed by atoms with E-state index in [0.717, 1.165) is 10.9 Å². The van der Waals surface area contributed by atoms with Crippen molar-refractivity contribution in [3.63, 3.8) is 0 Å². The smallest absolute Gasteiger partial charge is 0.233 e. The third-order valence-electron chi connectivity index (χ3n) is 4.37. The number of rotatable bonds is 2. The molecule has 1 N–H and O–H groups in total. The number of fused-ring (bicyclic) bond motifs is 1. The Morgan fingerprint density at radius 2 is 2.09 bits per heavy atom. The molecule has 1 aromatic heterocycles. The van der Waals surface area contributed by atoms with E-state index >= 15 is 0 Å². The molecule has 1 saturated heterocycles. The Balaban J connectivity index is 1.82. The molecule has 1 atom stereocenters. The second kappa shape index (κ2) is 5.81. The van der Waals surface area contributed by atoms with Crippen molar-refractivity contribution in [2.24, 2.45) is 5.41 Å². The lowest BCUT2D eigenvalue weighted by molar-refractivity contribution is -0.129. The highest BCUT2D eigenvalue weighted by Crippen LogP contribution is 2.32. The number of hydrogen-bond acceptors (Lipinski definition) is 3. The highest BCUT2D eigenvalue weighted by molar-refractivity contribution is 6.35. The van der Waals surface area contributed by atoms with Crippen LogP contribution >= 0.6 is 11.6 Å². The summed E-state index contributed by atoms with van der Waals surface area (Å²) >= 11 is 6.26. The van der Waals surface area contributed by atoms with Gasteiger partial charge >= 0.3 is 0 Å². The van der Waals surface area contributed by atoms with E-state index in [1.54, 1.807) is 11.0 Å². The molecular formula is C17H18ClN3O2. The van der Waals surface area contributed by atoms with Crippen molar-refractivity contribution < 1.29 is 9.59 Å². The van der Waals surface area contributed by atoms with Crippen molar-refractivity contribution in [2.75, 3.05) is 18.4 Å². The molecule has 2 aromatic rings. The molecule has 0 bridgehead atoms. The second-order valence-corrected chi connectivity index (χ2v) is 6.62. The number of para-hydroxylation sites is 1. The lowest BCUT2D eigenvalue weighted by atomic mass is 9.89. The van der Waals surface area contributed by atoms with Gasteiger partial charge in [0.15, 0.2) is 0 Å². The zero-order chi connectivity index (χ0) is 16.6. The van der Waals surface area contributed by atoms with Crippen LogP contribution in [0, 0.1) is 5.41 Å². The van der Waals surface area contributed by atoms with E-state index < -0.39 is 5.41 Å². The lowest BCUT2D eigenvalue weighted by Crippen LogP contribution is -2.37. The number of benzene rings is 1. The van der Waals surface area contributed by atoms with E-state index in [2.05, 4.69) is 10.3 Å². The summed E-state index contributed by atoms with van der Waals surface area (Å²) in [7, 11) is 0. The maximum absolute atomic E-state index is 12.6. The Kier molecular flexibility index (Phi) is 3.98. The molecule has 1 aliphatic rings. The number of likely N-dealkylation sites (tertiary alicyclic amines) is 1. The molecule has 0 saturated carbocycles. The summed E-state index contributed by atoms with van der Waals surface area (Å²) in [6.07, 6.45) is 0.639. The molecule has 5 nitrogen and oxygen atoms in total. The summed E-state index contributed by atoms with van der Waals surface area (Å²) in [5.41, 5.74) is 0.128. The Labute approximate surface area is 139 Å². The highest BCUT2D eigenvalue weighted by atomic mass is 35.5. The number of halogens is 1. The van der Waals surface area contributed by atoms with Crippen LogP contribution < -0.4 is 5.32 Å². The van der Waals surface area contributed by atoms with Gasteiger partial charge in [-0.2, -0.15) is 0 Å². The Morgan fingerprint density at radius 1 is 1.35 bits per heavy atom. The van der Waals surface area contributed by atoms with Crippen LogP contribution in [0.3, 0.4) is 0 Å². The standard InChI is InChI=1S/C17H18ClN3O2/c1-11(22)21-8-7-17(2,10-21)16(23)20-15-9-13(18)12-5-3-4-6-14(12)19-15/h3-6,9H,7-8,10H2,1-2H3,(H,19,20,23). The second-order valence-electron chi connectivity index (χ2n) is 6.21. The molecule has 120 valence electrons. The molecule has 6 heteroatoms. The van der Waals surface area contributed by atoms with E-state index in [0.29, 0.717) is 30.4 Å². The summed E-state index contributed by atoms with van der Waals surface area (Å²) < 4.78 is 0. The van der Waals surface area contributed by atoms with Gasteiger partial charge in [0.2, 0.25) is 11.8 Å². The van der Waals surface area contributed by atoms with Gasteiger partial charge in [-0.25, -0.2) is 4.98 Å². The summed E-state index contributed by atoms with van der Waals surface area (Å²) in [4.78, 5) is 30.2. The highest BCUT2D eigenvalue weighted by Gasteiger charge is 2.41. The van der Waals surface area contributed by atoms with Crippen LogP contribution in [0.25, 0.3) is 10.9 Å². The van der Waals surface area contributed by atoms with E-state index in [1.807, 2.05) is 31.2 Å². The van der Waals surface area contributed by atoms with Crippen LogP contribution in [0.1, 0.15) is 20.3 Å². The van der Waals surface area contributed by atoms with Crippen LogP contribution in [0.5, 0.6) is 0 Å². The first-order valence-corrected chi connectivity index (χ1v) is 7.89. The number of carbonyl (C=O) groups excluding carboxylic acids is 2. The maximum atomic E-state index is 12.6. The molecule has 0 aliphatic carbocycles. The van der Waals surface area contributed by atoms with Gasteiger partial charge in [0, 0.05) is 31.5 Å². The molecule has 1 aliphatic heterocycles. The molecule has 3 rings (SSSR count). The molecular weight excluding hydrogens is 314 g/mol. The van der Waals surface area contributed by atoms with Gasteiger partial charge in [-0.05, 0) is 19.4 Å². The monoisotopic (exact) mass is 331 g/mol. The zero-order valence-electron chi connectivity index (χ0n) is 13.1. The van der Waals surface area contributed by atoms with E-state index in [-0.39, 0.29) is 11.8 Å². The van der Waals surface area contributed by atoms with Crippen molar-refractivity contribution in [3.8, 4) is 0 Å². The SMILES string of the molecule is CC(=O)N1CCC(C)(C(=O)Nc2cc(Cl)c3ccccc3n2)C1. The number of nitrogens with one attached hydrogen (secondary N) is 1. The molecule has 2 heterocycles. The van der Waals surface area contributed by atoms with Crippen LogP contribution in [0.15, 0.2) is 30.3 Å². The van der Waals surface area contributed by atoms with Crippen molar-refractivity contribution in [1.82, 2.24) is 9.88 Å². The quantitative estimate of drug-likeness (QED) is 0.919. The minimum absolute atomic E-state index is 0.00611. The number of nitrogens with zero attached hydrogens (tertiary/aromatic N) is 2. The molecule has 23 heavy (non-hydrogen) atoms. The first-order chi connectivity index (χ1) is 10.9. The minimum Gasteiger partial charge on any atom is -0.342 e. The summed E-state index contributed by atoms with van der Waals surface area (Å²) in [6, 6.07) is 9.16.